The summed E-state index contributed by atoms with van der Waals surface area (Å²) in [6.07, 6.45) is 5.78. The van der Waals surface area contributed by atoms with E-state index in [1.807, 2.05) is 15.6 Å². The Hall–Kier alpha value is -1.91. The molecule has 3 heterocycles. The minimum Gasteiger partial charge on any atom is -0.338 e. The standard InChI is InChI=1S/C16H22N4O/c1-11(2)20-15-13(9-18-20)7-14(8-17-15)16(21)19-6-4-5-12(3)10-19/h7-9,11-12H,4-6,10H2,1-3H3. The fraction of sp³-hybridized carbons (Fsp3) is 0.562. The van der Waals surface area contributed by atoms with Crippen molar-refractivity contribution in [1.82, 2.24) is 19.7 Å². The summed E-state index contributed by atoms with van der Waals surface area (Å²) in [5.74, 6) is 0.677. The van der Waals surface area contributed by atoms with E-state index in [9.17, 15) is 4.79 Å². The topological polar surface area (TPSA) is 51.0 Å². The number of carbonyl (C=O) groups excluding carboxylic acids is 1. The van der Waals surface area contributed by atoms with Crippen molar-refractivity contribution in [2.24, 2.45) is 5.92 Å². The molecule has 0 radical (unpaired) electrons. The van der Waals surface area contributed by atoms with Gasteiger partial charge in [0.2, 0.25) is 0 Å². The molecule has 21 heavy (non-hydrogen) atoms. The molecule has 5 nitrogen and oxygen atoms in total. The first-order chi connectivity index (χ1) is 10.1. The van der Waals surface area contributed by atoms with Crippen LogP contribution in [0.4, 0.5) is 0 Å². The molecule has 5 heteroatoms. The second-order valence-corrected chi connectivity index (χ2v) is 6.32. The fourth-order valence-corrected chi connectivity index (χ4v) is 2.99. The molecule has 1 aliphatic rings. The lowest BCUT2D eigenvalue weighted by Gasteiger charge is -2.30. The van der Waals surface area contributed by atoms with Crippen molar-refractivity contribution < 1.29 is 4.79 Å². The molecule has 0 aromatic carbocycles. The summed E-state index contributed by atoms with van der Waals surface area (Å²) in [5, 5.41) is 5.28. The van der Waals surface area contributed by atoms with E-state index in [1.165, 1.54) is 6.42 Å². The van der Waals surface area contributed by atoms with Crippen LogP contribution in [0.3, 0.4) is 0 Å². The number of hydrogen-bond acceptors (Lipinski definition) is 3. The third kappa shape index (κ3) is 2.64. The van der Waals surface area contributed by atoms with Gasteiger partial charge in [0.25, 0.3) is 5.91 Å². The van der Waals surface area contributed by atoms with E-state index in [0.29, 0.717) is 11.5 Å². The minimum atomic E-state index is 0.0910. The second kappa shape index (κ2) is 5.47. The summed E-state index contributed by atoms with van der Waals surface area (Å²) in [5.41, 5.74) is 1.51. The molecular formula is C16H22N4O. The summed E-state index contributed by atoms with van der Waals surface area (Å²) in [6, 6.07) is 2.18. The predicted molar refractivity (Wildman–Crippen MR) is 82.2 cm³/mol. The Morgan fingerprint density at radius 1 is 1.38 bits per heavy atom. The number of rotatable bonds is 2. The molecule has 1 unspecified atom stereocenters. The predicted octanol–water partition coefficient (Wildman–Crippen LogP) is 2.88. The molecule has 0 spiro atoms. The molecule has 112 valence electrons. The van der Waals surface area contributed by atoms with Crippen LogP contribution in [0.1, 0.15) is 50.0 Å². The van der Waals surface area contributed by atoms with E-state index in [2.05, 4.69) is 30.9 Å². The maximum atomic E-state index is 12.6. The first-order valence-electron chi connectivity index (χ1n) is 7.69. The van der Waals surface area contributed by atoms with Crippen LogP contribution in [0.5, 0.6) is 0 Å². The zero-order chi connectivity index (χ0) is 15.0. The average molecular weight is 286 g/mol. The van der Waals surface area contributed by atoms with Crippen LogP contribution in [0, 0.1) is 5.92 Å². The number of piperidine rings is 1. The van der Waals surface area contributed by atoms with Crippen molar-refractivity contribution in [3.8, 4) is 0 Å². The van der Waals surface area contributed by atoms with Crippen molar-refractivity contribution in [2.75, 3.05) is 13.1 Å². The summed E-state index contributed by atoms with van der Waals surface area (Å²) in [6.45, 7) is 8.05. The van der Waals surface area contributed by atoms with Crippen molar-refractivity contribution >= 4 is 16.9 Å². The second-order valence-electron chi connectivity index (χ2n) is 6.32. The van der Waals surface area contributed by atoms with Crippen molar-refractivity contribution in [2.45, 2.75) is 39.7 Å². The Labute approximate surface area is 125 Å². The van der Waals surface area contributed by atoms with E-state index < -0.39 is 0 Å². The zero-order valence-corrected chi connectivity index (χ0v) is 12.9. The Morgan fingerprint density at radius 2 is 2.19 bits per heavy atom. The van der Waals surface area contributed by atoms with Crippen LogP contribution in [-0.4, -0.2) is 38.7 Å². The minimum absolute atomic E-state index is 0.0910. The van der Waals surface area contributed by atoms with Gasteiger partial charge in [-0.15, -0.1) is 0 Å². The van der Waals surface area contributed by atoms with Crippen molar-refractivity contribution in [3.63, 3.8) is 0 Å². The largest absolute Gasteiger partial charge is 0.338 e. The van der Waals surface area contributed by atoms with Crippen molar-refractivity contribution in [1.29, 1.82) is 0 Å². The fourth-order valence-electron chi connectivity index (χ4n) is 2.99. The van der Waals surface area contributed by atoms with Crippen molar-refractivity contribution in [3.05, 3.63) is 24.0 Å². The number of carbonyl (C=O) groups is 1. The molecule has 2 aromatic heterocycles. The van der Waals surface area contributed by atoms with Gasteiger partial charge in [0.15, 0.2) is 5.65 Å². The lowest BCUT2D eigenvalue weighted by Crippen LogP contribution is -2.39. The smallest absolute Gasteiger partial charge is 0.255 e. The molecular weight excluding hydrogens is 264 g/mol. The number of aromatic nitrogens is 3. The summed E-state index contributed by atoms with van der Waals surface area (Å²) >= 11 is 0. The van der Waals surface area contributed by atoms with Crippen LogP contribution in [0.25, 0.3) is 11.0 Å². The highest BCUT2D eigenvalue weighted by Gasteiger charge is 2.22. The number of fused-ring (bicyclic) bond motifs is 1. The van der Waals surface area contributed by atoms with Crippen LogP contribution >= 0.6 is 0 Å². The lowest BCUT2D eigenvalue weighted by molar-refractivity contribution is 0.0683. The van der Waals surface area contributed by atoms with Gasteiger partial charge in [-0.2, -0.15) is 5.10 Å². The molecule has 2 aromatic rings. The number of likely N-dealkylation sites (tertiary alicyclic amines) is 1. The molecule has 3 rings (SSSR count). The van der Waals surface area contributed by atoms with E-state index in [0.717, 1.165) is 30.5 Å². The molecule has 1 aliphatic heterocycles. The Balaban J connectivity index is 1.88. The molecule has 1 atom stereocenters. The number of amides is 1. The quantitative estimate of drug-likeness (QED) is 0.853. The summed E-state index contributed by atoms with van der Waals surface area (Å²) in [4.78, 5) is 19.0. The van der Waals surface area contributed by atoms with E-state index >= 15 is 0 Å². The Kier molecular flexibility index (Phi) is 3.66. The molecule has 1 amide bonds. The summed E-state index contributed by atoms with van der Waals surface area (Å²) < 4.78 is 1.88. The van der Waals surface area contributed by atoms with Gasteiger partial charge in [0, 0.05) is 30.7 Å². The maximum absolute atomic E-state index is 12.6. The van der Waals surface area contributed by atoms with Crippen LogP contribution in [-0.2, 0) is 0 Å². The third-order valence-corrected chi connectivity index (χ3v) is 4.11. The first kappa shape index (κ1) is 14.0. The van der Waals surface area contributed by atoms with Crippen LogP contribution in [0.15, 0.2) is 18.5 Å². The van der Waals surface area contributed by atoms with Gasteiger partial charge < -0.3 is 4.90 Å². The normalized spacial score (nSPS) is 19.4. The van der Waals surface area contributed by atoms with E-state index in [4.69, 9.17) is 0 Å². The Bertz CT molecular complexity index is 661. The lowest BCUT2D eigenvalue weighted by atomic mass is 10.00. The van der Waals surface area contributed by atoms with Gasteiger partial charge in [0.05, 0.1) is 11.8 Å². The number of nitrogens with zero attached hydrogens (tertiary/aromatic N) is 4. The highest BCUT2D eigenvalue weighted by molar-refractivity contribution is 5.96. The molecule has 0 bridgehead atoms. The molecule has 1 saturated heterocycles. The van der Waals surface area contributed by atoms with E-state index in [-0.39, 0.29) is 11.9 Å². The van der Waals surface area contributed by atoms with Gasteiger partial charge in [-0.1, -0.05) is 6.92 Å². The highest BCUT2D eigenvalue weighted by Crippen LogP contribution is 2.20. The third-order valence-electron chi connectivity index (χ3n) is 4.11. The highest BCUT2D eigenvalue weighted by atomic mass is 16.2. The maximum Gasteiger partial charge on any atom is 0.255 e. The van der Waals surface area contributed by atoms with Gasteiger partial charge in [-0.3, -0.25) is 4.79 Å². The van der Waals surface area contributed by atoms with E-state index in [1.54, 1.807) is 12.4 Å². The molecule has 0 saturated carbocycles. The van der Waals surface area contributed by atoms with Gasteiger partial charge in [0.1, 0.15) is 0 Å². The Morgan fingerprint density at radius 3 is 2.90 bits per heavy atom. The monoisotopic (exact) mass is 286 g/mol. The van der Waals surface area contributed by atoms with Crippen LogP contribution in [0.2, 0.25) is 0 Å². The molecule has 0 aliphatic carbocycles. The molecule has 0 N–H and O–H groups in total. The number of pyridine rings is 1. The molecule has 1 fully saturated rings. The number of hydrogen-bond donors (Lipinski definition) is 0. The first-order valence-corrected chi connectivity index (χ1v) is 7.69. The zero-order valence-electron chi connectivity index (χ0n) is 12.9. The average Bonchev–Trinajstić information content (AvgIpc) is 2.89. The SMILES string of the molecule is CC1CCCN(C(=O)c2cnc3c(cnn3C(C)C)c2)C1. The van der Waals surface area contributed by atoms with Crippen LogP contribution < -0.4 is 0 Å². The van der Waals surface area contributed by atoms with Gasteiger partial charge in [-0.25, -0.2) is 9.67 Å². The van der Waals surface area contributed by atoms with Gasteiger partial charge >= 0.3 is 0 Å². The van der Waals surface area contributed by atoms with Gasteiger partial charge in [-0.05, 0) is 38.7 Å². The summed E-state index contributed by atoms with van der Waals surface area (Å²) in [7, 11) is 0.